The van der Waals surface area contributed by atoms with Crippen molar-refractivity contribution >= 4 is 31.5 Å². The Morgan fingerprint density at radius 3 is 2.67 bits per heavy atom. The van der Waals surface area contributed by atoms with Gasteiger partial charge in [0.15, 0.2) is 9.84 Å². The number of hydrogen-bond donors (Lipinski definition) is 2. The highest BCUT2D eigenvalue weighted by atomic mass is 35.5. The van der Waals surface area contributed by atoms with E-state index in [2.05, 4.69) is 10.0 Å². The highest BCUT2D eigenvalue weighted by molar-refractivity contribution is 7.92. The second-order valence-electron chi connectivity index (χ2n) is 5.02. The van der Waals surface area contributed by atoms with E-state index in [0.29, 0.717) is 6.54 Å². The van der Waals surface area contributed by atoms with Crippen molar-refractivity contribution in [1.29, 1.82) is 0 Å². The van der Waals surface area contributed by atoms with Gasteiger partial charge in [-0.15, -0.1) is 0 Å². The molecule has 0 spiro atoms. The molecule has 1 aliphatic rings. The number of halogens is 1. The number of sulfone groups is 1. The van der Waals surface area contributed by atoms with E-state index in [0.717, 1.165) is 5.56 Å². The lowest BCUT2D eigenvalue weighted by Crippen LogP contribution is -2.35. The summed E-state index contributed by atoms with van der Waals surface area (Å²) in [5.41, 5.74) is 0.779. The van der Waals surface area contributed by atoms with Crippen molar-refractivity contribution < 1.29 is 16.8 Å². The minimum absolute atomic E-state index is 0.00765. The molecule has 1 heterocycles. The summed E-state index contributed by atoms with van der Waals surface area (Å²) in [5.74, 6) is -0.159. The Kier molecular flexibility index (Phi) is 4.94. The largest absolute Gasteiger partial charge is 0.316 e. The third-order valence-electron chi connectivity index (χ3n) is 3.22. The molecule has 1 fully saturated rings. The Hall–Kier alpha value is -0.670. The first-order valence-electron chi connectivity index (χ1n) is 6.39. The van der Waals surface area contributed by atoms with Crippen LogP contribution in [0.1, 0.15) is 12.0 Å². The zero-order valence-corrected chi connectivity index (χ0v) is 13.9. The van der Waals surface area contributed by atoms with E-state index in [1.807, 2.05) is 0 Å². The van der Waals surface area contributed by atoms with E-state index in [4.69, 9.17) is 11.6 Å². The average molecular weight is 353 g/mol. The van der Waals surface area contributed by atoms with Crippen LogP contribution in [0, 0.1) is 0 Å². The van der Waals surface area contributed by atoms with Gasteiger partial charge in [-0.2, -0.15) is 0 Å². The lowest BCUT2D eigenvalue weighted by molar-refractivity contribution is 0.562. The Bertz CT molecular complexity index is 732. The molecule has 21 heavy (non-hydrogen) atoms. The van der Waals surface area contributed by atoms with Gasteiger partial charge in [0.05, 0.1) is 16.5 Å². The third-order valence-corrected chi connectivity index (χ3v) is 6.99. The van der Waals surface area contributed by atoms with E-state index in [1.165, 1.54) is 12.1 Å². The molecule has 1 aromatic rings. The van der Waals surface area contributed by atoms with Crippen LogP contribution in [0.4, 0.5) is 0 Å². The SMILES string of the molecule is CNCc1ccc(Cl)c(S(=O)(=O)NC2CCS(=O)(=O)C2)c1. The van der Waals surface area contributed by atoms with E-state index in [9.17, 15) is 16.8 Å². The minimum atomic E-state index is -3.84. The van der Waals surface area contributed by atoms with Crippen molar-refractivity contribution in [3.8, 4) is 0 Å². The summed E-state index contributed by atoms with van der Waals surface area (Å²) >= 11 is 5.96. The van der Waals surface area contributed by atoms with Crippen LogP contribution in [0.2, 0.25) is 5.02 Å². The predicted octanol–water partition coefficient (Wildman–Crippen LogP) is 0.525. The van der Waals surface area contributed by atoms with Gasteiger partial charge in [0.2, 0.25) is 10.0 Å². The Morgan fingerprint density at radius 1 is 1.38 bits per heavy atom. The molecule has 0 amide bonds. The van der Waals surface area contributed by atoms with Gasteiger partial charge in [-0.05, 0) is 31.2 Å². The lowest BCUT2D eigenvalue weighted by Gasteiger charge is -2.13. The molecule has 2 rings (SSSR count). The Morgan fingerprint density at radius 2 is 2.10 bits per heavy atom. The number of sulfonamides is 1. The maximum absolute atomic E-state index is 12.4. The van der Waals surface area contributed by atoms with Crippen LogP contribution in [0.15, 0.2) is 23.1 Å². The zero-order chi connectivity index (χ0) is 15.7. The fourth-order valence-electron chi connectivity index (χ4n) is 2.24. The molecule has 0 saturated carbocycles. The molecule has 1 aromatic carbocycles. The second-order valence-corrected chi connectivity index (χ2v) is 9.33. The summed E-state index contributed by atoms with van der Waals surface area (Å²) in [6.45, 7) is 0.511. The standard InChI is InChI=1S/C12H17ClN2O4S2/c1-14-7-9-2-3-11(13)12(6-9)21(18,19)15-10-4-5-20(16,17)8-10/h2-3,6,10,14-15H,4-5,7-8H2,1H3. The van der Waals surface area contributed by atoms with Crippen molar-refractivity contribution in [2.24, 2.45) is 0 Å². The molecule has 9 heteroatoms. The van der Waals surface area contributed by atoms with Crippen molar-refractivity contribution in [3.63, 3.8) is 0 Å². The molecule has 6 nitrogen and oxygen atoms in total. The smallest absolute Gasteiger partial charge is 0.242 e. The fraction of sp³-hybridized carbons (Fsp3) is 0.500. The lowest BCUT2D eigenvalue weighted by atomic mass is 10.2. The summed E-state index contributed by atoms with van der Waals surface area (Å²) < 4.78 is 50.0. The number of hydrogen-bond acceptors (Lipinski definition) is 5. The minimum Gasteiger partial charge on any atom is -0.316 e. The van der Waals surface area contributed by atoms with E-state index in [-0.39, 0.29) is 27.8 Å². The van der Waals surface area contributed by atoms with Gasteiger partial charge in [0.1, 0.15) is 4.90 Å². The van der Waals surface area contributed by atoms with Crippen LogP contribution in [0.25, 0.3) is 0 Å². The Labute approximate surface area is 129 Å². The molecule has 0 bridgehead atoms. The van der Waals surface area contributed by atoms with E-state index >= 15 is 0 Å². The summed E-state index contributed by atoms with van der Waals surface area (Å²) in [6, 6.07) is 4.15. The molecule has 0 aliphatic carbocycles. The average Bonchev–Trinajstić information content (AvgIpc) is 2.70. The predicted molar refractivity (Wildman–Crippen MR) is 81.6 cm³/mol. The topological polar surface area (TPSA) is 92.3 Å². The Balaban J connectivity index is 2.25. The number of benzene rings is 1. The second kappa shape index (κ2) is 6.21. The fourth-order valence-corrected chi connectivity index (χ4v) is 5.84. The number of rotatable bonds is 5. The molecule has 1 aliphatic heterocycles. The molecule has 0 radical (unpaired) electrons. The highest BCUT2D eigenvalue weighted by Crippen LogP contribution is 2.24. The summed E-state index contributed by atoms with van der Waals surface area (Å²) in [6.07, 6.45) is 0.287. The van der Waals surface area contributed by atoms with Crippen molar-refractivity contribution in [2.75, 3.05) is 18.6 Å². The van der Waals surface area contributed by atoms with Gasteiger partial charge in [-0.3, -0.25) is 0 Å². The van der Waals surface area contributed by atoms with Crippen molar-refractivity contribution in [1.82, 2.24) is 10.0 Å². The van der Waals surface area contributed by atoms with Gasteiger partial charge in [0.25, 0.3) is 0 Å². The molecular weight excluding hydrogens is 336 g/mol. The molecule has 1 atom stereocenters. The molecular formula is C12H17ClN2O4S2. The molecule has 1 unspecified atom stereocenters. The van der Waals surface area contributed by atoms with Crippen molar-refractivity contribution in [3.05, 3.63) is 28.8 Å². The molecule has 0 aromatic heterocycles. The van der Waals surface area contributed by atoms with E-state index in [1.54, 1.807) is 13.1 Å². The summed E-state index contributed by atoms with van der Waals surface area (Å²) in [5, 5.41) is 3.04. The number of nitrogens with one attached hydrogen (secondary N) is 2. The maximum atomic E-state index is 12.4. The molecule has 1 saturated heterocycles. The highest BCUT2D eigenvalue weighted by Gasteiger charge is 2.32. The maximum Gasteiger partial charge on any atom is 0.242 e. The van der Waals surface area contributed by atoms with Gasteiger partial charge in [-0.1, -0.05) is 17.7 Å². The summed E-state index contributed by atoms with van der Waals surface area (Å²) in [4.78, 5) is -0.0267. The first kappa shape index (κ1) is 16.7. The van der Waals surface area contributed by atoms with Crippen LogP contribution in [-0.4, -0.2) is 41.4 Å². The van der Waals surface area contributed by atoms with Crippen LogP contribution >= 0.6 is 11.6 Å². The van der Waals surface area contributed by atoms with Gasteiger partial charge >= 0.3 is 0 Å². The van der Waals surface area contributed by atoms with Crippen LogP contribution in [0.5, 0.6) is 0 Å². The molecule has 118 valence electrons. The third kappa shape index (κ3) is 4.17. The van der Waals surface area contributed by atoms with Gasteiger partial charge in [0, 0.05) is 12.6 Å². The normalized spacial score (nSPS) is 21.5. The van der Waals surface area contributed by atoms with Gasteiger partial charge < -0.3 is 5.32 Å². The summed E-state index contributed by atoms with van der Waals surface area (Å²) in [7, 11) is -5.23. The quantitative estimate of drug-likeness (QED) is 0.806. The van der Waals surface area contributed by atoms with Crippen LogP contribution in [0.3, 0.4) is 0 Å². The first-order valence-corrected chi connectivity index (χ1v) is 10.1. The van der Waals surface area contributed by atoms with E-state index < -0.39 is 25.9 Å². The van der Waals surface area contributed by atoms with Crippen molar-refractivity contribution in [2.45, 2.75) is 23.9 Å². The van der Waals surface area contributed by atoms with Gasteiger partial charge in [-0.25, -0.2) is 21.6 Å². The molecule has 2 N–H and O–H groups in total. The zero-order valence-electron chi connectivity index (χ0n) is 11.5. The van der Waals surface area contributed by atoms with Crippen LogP contribution in [-0.2, 0) is 26.4 Å². The first-order chi connectivity index (χ1) is 9.73. The monoisotopic (exact) mass is 352 g/mol. The van der Waals surface area contributed by atoms with Crippen LogP contribution < -0.4 is 10.0 Å².